The molecule has 0 bridgehead atoms. The van der Waals surface area contributed by atoms with Gasteiger partial charge in [0.05, 0.1) is 0 Å². The third-order valence-corrected chi connectivity index (χ3v) is 3.04. The van der Waals surface area contributed by atoms with E-state index in [4.69, 9.17) is 5.73 Å². The lowest BCUT2D eigenvalue weighted by Gasteiger charge is -2.33. The molecule has 1 aromatic rings. The fourth-order valence-electron chi connectivity index (χ4n) is 2.20. The van der Waals surface area contributed by atoms with E-state index in [9.17, 15) is 0 Å². The van der Waals surface area contributed by atoms with Gasteiger partial charge < -0.3 is 5.73 Å². The Labute approximate surface area is 80.0 Å². The van der Waals surface area contributed by atoms with Crippen molar-refractivity contribution in [1.29, 1.82) is 0 Å². The van der Waals surface area contributed by atoms with Crippen molar-refractivity contribution in [2.75, 3.05) is 0 Å². The van der Waals surface area contributed by atoms with E-state index in [2.05, 4.69) is 32.0 Å². The lowest BCUT2D eigenvalue weighted by Crippen LogP contribution is -2.35. The van der Waals surface area contributed by atoms with Crippen molar-refractivity contribution < 1.29 is 0 Å². The zero-order valence-electron chi connectivity index (χ0n) is 8.38. The molecule has 13 heavy (non-hydrogen) atoms. The highest BCUT2D eigenvalue weighted by molar-refractivity contribution is 5.34. The Morgan fingerprint density at radius 2 is 1.92 bits per heavy atom. The molecule has 2 N–H and O–H groups in total. The summed E-state index contributed by atoms with van der Waals surface area (Å²) in [6.45, 7) is 4.34. The molecule has 1 nitrogen and oxygen atoms in total. The summed E-state index contributed by atoms with van der Waals surface area (Å²) in [7, 11) is 0. The van der Waals surface area contributed by atoms with Crippen LogP contribution >= 0.6 is 0 Å². The number of rotatable bonds is 1. The van der Waals surface area contributed by atoms with Crippen molar-refractivity contribution in [1.82, 2.24) is 0 Å². The highest BCUT2D eigenvalue weighted by atomic mass is 14.7. The zero-order chi connectivity index (χ0) is 9.42. The molecule has 70 valence electrons. The van der Waals surface area contributed by atoms with Crippen LogP contribution in [0, 0.1) is 13.8 Å². The van der Waals surface area contributed by atoms with Crippen LogP contribution in [0.25, 0.3) is 0 Å². The molecular weight excluding hydrogens is 158 g/mol. The second-order valence-electron chi connectivity index (χ2n) is 4.29. The fraction of sp³-hybridized carbons (Fsp3) is 0.500. The minimum atomic E-state index is 0.450. The topological polar surface area (TPSA) is 26.0 Å². The number of nitrogens with two attached hydrogens (primary N) is 1. The smallest absolute Gasteiger partial charge is 0.00504 e. The molecule has 0 spiro atoms. The van der Waals surface area contributed by atoms with Crippen LogP contribution in [0.15, 0.2) is 18.2 Å². The van der Waals surface area contributed by atoms with Crippen LogP contribution in [0.1, 0.15) is 35.4 Å². The third-order valence-electron chi connectivity index (χ3n) is 3.04. The number of hydrogen-bond acceptors (Lipinski definition) is 1. The van der Waals surface area contributed by atoms with E-state index >= 15 is 0 Å². The Kier molecular flexibility index (Phi) is 2.12. The first-order valence-corrected chi connectivity index (χ1v) is 4.99. The van der Waals surface area contributed by atoms with Crippen LogP contribution in [0.2, 0.25) is 0 Å². The summed E-state index contributed by atoms with van der Waals surface area (Å²) in [6.07, 6.45) is 2.34. The van der Waals surface area contributed by atoms with Crippen LogP contribution in [-0.4, -0.2) is 6.04 Å². The van der Waals surface area contributed by atoms with Crippen LogP contribution in [0.4, 0.5) is 0 Å². The molecular formula is C12H17N. The van der Waals surface area contributed by atoms with Gasteiger partial charge in [-0.2, -0.15) is 0 Å². The monoisotopic (exact) mass is 175 g/mol. The van der Waals surface area contributed by atoms with E-state index in [1.807, 2.05) is 0 Å². The van der Waals surface area contributed by atoms with E-state index < -0.39 is 0 Å². The summed E-state index contributed by atoms with van der Waals surface area (Å²) >= 11 is 0. The summed E-state index contributed by atoms with van der Waals surface area (Å²) in [5.74, 6) is 0.732. The van der Waals surface area contributed by atoms with Crippen LogP contribution in [0.5, 0.6) is 0 Å². The first-order chi connectivity index (χ1) is 6.16. The molecule has 1 fully saturated rings. The van der Waals surface area contributed by atoms with Gasteiger partial charge in [-0.25, -0.2) is 0 Å². The number of aryl methyl sites for hydroxylation is 2. The van der Waals surface area contributed by atoms with Gasteiger partial charge in [0.1, 0.15) is 0 Å². The Hall–Kier alpha value is -0.820. The van der Waals surface area contributed by atoms with Crippen LogP contribution in [0.3, 0.4) is 0 Å². The SMILES string of the molecule is Cc1ccc(C2CC(N)C2)c(C)c1. The average molecular weight is 175 g/mol. The van der Waals surface area contributed by atoms with Gasteiger partial charge in [0.15, 0.2) is 0 Å². The molecule has 1 saturated carbocycles. The van der Waals surface area contributed by atoms with E-state index in [0.717, 1.165) is 5.92 Å². The van der Waals surface area contributed by atoms with E-state index in [1.165, 1.54) is 29.5 Å². The van der Waals surface area contributed by atoms with Gasteiger partial charge in [0.2, 0.25) is 0 Å². The van der Waals surface area contributed by atoms with Crippen LogP contribution in [-0.2, 0) is 0 Å². The van der Waals surface area contributed by atoms with E-state index in [-0.39, 0.29) is 0 Å². The van der Waals surface area contributed by atoms with Crippen molar-refractivity contribution in [3.05, 3.63) is 34.9 Å². The molecule has 0 atom stereocenters. The maximum Gasteiger partial charge on any atom is 0.00504 e. The predicted octanol–water partition coefficient (Wildman–Crippen LogP) is 2.51. The van der Waals surface area contributed by atoms with Gasteiger partial charge in [-0.05, 0) is 43.7 Å². The molecule has 1 aromatic carbocycles. The Balaban J connectivity index is 2.21. The standard InChI is InChI=1S/C12H17N/c1-8-3-4-12(9(2)5-8)10-6-11(13)7-10/h3-5,10-11H,6-7,13H2,1-2H3. The van der Waals surface area contributed by atoms with Gasteiger partial charge in [-0.3, -0.25) is 0 Å². The molecule has 0 unspecified atom stereocenters. The van der Waals surface area contributed by atoms with Crippen molar-refractivity contribution in [2.24, 2.45) is 5.73 Å². The molecule has 0 heterocycles. The Morgan fingerprint density at radius 1 is 1.23 bits per heavy atom. The first-order valence-electron chi connectivity index (χ1n) is 4.99. The number of hydrogen-bond donors (Lipinski definition) is 1. The van der Waals surface area contributed by atoms with Crippen molar-refractivity contribution in [3.63, 3.8) is 0 Å². The van der Waals surface area contributed by atoms with Gasteiger partial charge in [-0.1, -0.05) is 23.8 Å². The van der Waals surface area contributed by atoms with Gasteiger partial charge in [-0.15, -0.1) is 0 Å². The zero-order valence-corrected chi connectivity index (χ0v) is 8.38. The maximum atomic E-state index is 5.79. The number of benzene rings is 1. The molecule has 0 aliphatic heterocycles. The highest BCUT2D eigenvalue weighted by Crippen LogP contribution is 2.37. The average Bonchev–Trinajstić information content (AvgIpc) is 2.00. The van der Waals surface area contributed by atoms with E-state index in [0.29, 0.717) is 6.04 Å². The highest BCUT2D eigenvalue weighted by Gasteiger charge is 2.27. The molecule has 2 rings (SSSR count). The second kappa shape index (κ2) is 3.15. The lowest BCUT2D eigenvalue weighted by molar-refractivity contribution is 0.350. The molecule has 0 amide bonds. The maximum absolute atomic E-state index is 5.79. The largest absolute Gasteiger partial charge is 0.328 e. The summed E-state index contributed by atoms with van der Waals surface area (Å²) in [6, 6.07) is 7.18. The second-order valence-corrected chi connectivity index (χ2v) is 4.29. The molecule has 1 heteroatoms. The summed E-state index contributed by atoms with van der Waals surface area (Å²) in [5, 5.41) is 0. The van der Waals surface area contributed by atoms with Gasteiger partial charge in [0.25, 0.3) is 0 Å². The molecule has 1 aliphatic carbocycles. The van der Waals surface area contributed by atoms with Gasteiger partial charge >= 0.3 is 0 Å². The Bertz CT molecular complexity index is 311. The first kappa shape index (κ1) is 8.76. The van der Waals surface area contributed by atoms with Crippen molar-refractivity contribution in [2.45, 2.75) is 38.6 Å². The van der Waals surface area contributed by atoms with Crippen molar-refractivity contribution >= 4 is 0 Å². The molecule has 0 saturated heterocycles. The third kappa shape index (κ3) is 1.61. The minimum Gasteiger partial charge on any atom is -0.328 e. The predicted molar refractivity (Wildman–Crippen MR) is 55.9 cm³/mol. The van der Waals surface area contributed by atoms with E-state index in [1.54, 1.807) is 0 Å². The molecule has 0 aromatic heterocycles. The van der Waals surface area contributed by atoms with Crippen molar-refractivity contribution in [3.8, 4) is 0 Å². The quantitative estimate of drug-likeness (QED) is 0.697. The summed E-state index contributed by atoms with van der Waals surface area (Å²) < 4.78 is 0. The minimum absolute atomic E-state index is 0.450. The molecule has 0 radical (unpaired) electrons. The Morgan fingerprint density at radius 3 is 2.46 bits per heavy atom. The normalized spacial score (nSPS) is 27.0. The van der Waals surface area contributed by atoms with Gasteiger partial charge in [0, 0.05) is 6.04 Å². The molecule has 1 aliphatic rings. The summed E-state index contributed by atoms with van der Waals surface area (Å²) in [4.78, 5) is 0. The summed E-state index contributed by atoms with van der Waals surface area (Å²) in [5.41, 5.74) is 10.1. The fourth-order valence-corrected chi connectivity index (χ4v) is 2.20. The lowest BCUT2D eigenvalue weighted by atomic mass is 9.75. The van der Waals surface area contributed by atoms with Crippen LogP contribution < -0.4 is 5.73 Å².